The fourth-order valence-electron chi connectivity index (χ4n) is 1.18. The molecule has 0 fully saturated rings. The Morgan fingerprint density at radius 1 is 1.47 bits per heavy atom. The molecule has 0 spiro atoms. The molecule has 1 heterocycles. The third kappa shape index (κ3) is 2.00. The van der Waals surface area contributed by atoms with E-state index in [0.29, 0.717) is 17.3 Å². The van der Waals surface area contributed by atoms with Crippen molar-refractivity contribution < 1.29 is 5.11 Å². The van der Waals surface area contributed by atoms with Crippen LogP contribution in [0.4, 0.5) is 5.69 Å². The number of aliphatic hydroxyl groups is 1. The fourth-order valence-corrected chi connectivity index (χ4v) is 1.42. The Kier molecular flexibility index (Phi) is 2.70. The Hall–Kier alpha value is -1.40. The molecule has 2 rings (SSSR count). The minimum absolute atomic E-state index is 0.154. The maximum absolute atomic E-state index is 8.83. The normalized spacial score (nSPS) is 10.5. The predicted octanol–water partition coefficient (Wildman–Crippen LogP) is 1.31. The highest BCUT2D eigenvalue weighted by Gasteiger charge is 2.06. The number of aliphatic hydroxyl groups excluding tert-OH is 1. The number of aromatic amines is 1. The SMILES string of the molecule is Nc1cc(-c2n[nH]c(CO)n2)ccc1Br. The molecule has 15 heavy (non-hydrogen) atoms. The molecule has 0 saturated heterocycles. The molecule has 0 radical (unpaired) electrons. The van der Waals surface area contributed by atoms with Gasteiger partial charge in [-0.25, -0.2) is 4.98 Å². The number of halogens is 1. The smallest absolute Gasteiger partial charge is 0.181 e. The number of nitrogens with zero attached hydrogens (tertiary/aromatic N) is 2. The summed E-state index contributed by atoms with van der Waals surface area (Å²) < 4.78 is 0.837. The molecule has 2 aromatic rings. The number of rotatable bonds is 2. The number of benzene rings is 1. The molecule has 0 saturated carbocycles. The van der Waals surface area contributed by atoms with Gasteiger partial charge in [0, 0.05) is 15.7 Å². The van der Waals surface area contributed by atoms with Crippen LogP contribution in [-0.2, 0) is 6.61 Å². The fraction of sp³-hybridized carbons (Fsp3) is 0.111. The van der Waals surface area contributed by atoms with Gasteiger partial charge in [0.05, 0.1) is 0 Å². The molecular weight excluding hydrogens is 260 g/mol. The van der Waals surface area contributed by atoms with Crippen LogP contribution in [0.3, 0.4) is 0 Å². The zero-order valence-electron chi connectivity index (χ0n) is 7.74. The van der Waals surface area contributed by atoms with E-state index in [4.69, 9.17) is 10.8 Å². The Bertz CT molecular complexity index is 483. The van der Waals surface area contributed by atoms with Gasteiger partial charge in [-0.1, -0.05) is 0 Å². The summed E-state index contributed by atoms with van der Waals surface area (Å²) in [4.78, 5) is 4.08. The summed E-state index contributed by atoms with van der Waals surface area (Å²) in [5.74, 6) is 0.963. The zero-order valence-corrected chi connectivity index (χ0v) is 9.32. The first kappa shape index (κ1) is 10.1. The van der Waals surface area contributed by atoms with E-state index >= 15 is 0 Å². The second-order valence-electron chi connectivity index (χ2n) is 3.00. The lowest BCUT2D eigenvalue weighted by molar-refractivity contribution is 0.272. The van der Waals surface area contributed by atoms with Crippen molar-refractivity contribution in [1.29, 1.82) is 0 Å². The van der Waals surface area contributed by atoms with Crippen LogP contribution in [0.1, 0.15) is 5.82 Å². The van der Waals surface area contributed by atoms with Gasteiger partial charge in [0.15, 0.2) is 11.6 Å². The molecule has 0 aliphatic heterocycles. The van der Waals surface area contributed by atoms with Crippen molar-refractivity contribution in [2.45, 2.75) is 6.61 Å². The van der Waals surface area contributed by atoms with Gasteiger partial charge in [-0.05, 0) is 34.1 Å². The summed E-state index contributed by atoms with van der Waals surface area (Å²) in [6.45, 7) is -0.154. The van der Waals surface area contributed by atoms with Crippen LogP contribution >= 0.6 is 15.9 Å². The molecule has 0 aliphatic carbocycles. The third-order valence-corrected chi connectivity index (χ3v) is 2.66. The predicted molar refractivity (Wildman–Crippen MR) is 59.9 cm³/mol. The average molecular weight is 269 g/mol. The first-order chi connectivity index (χ1) is 7.20. The van der Waals surface area contributed by atoms with E-state index < -0.39 is 0 Å². The number of nitrogens with one attached hydrogen (secondary N) is 1. The van der Waals surface area contributed by atoms with Gasteiger partial charge in [0.25, 0.3) is 0 Å². The largest absolute Gasteiger partial charge is 0.398 e. The standard InChI is InChI=1S/C9H9BrN4O/c10-6-2-1-5(3-7(6)11)9-12-8(4-15)13-14-9/h1-3,15H,4,11H2,(H,12,13,14). The maximum atomic E-state index is 8.83. The van der Waals surface area contributed by atoms with Gasteiger partial charge in [0.2, 0.25) is 0 Å². The molecule has 0 unspecified atom stereocenters. The van der Waals surface area contributed by atoms with Crippen molar-refractivity contribution in [2.24, 2.45) is 0 Å². The van der Waals surface area contributed by atoms with Crippen molar-refractivity contribution in [2.75, 3.05) is 5.73 Å². The number of H-pyrrole nitrogens is 1. The van der Waals surface area contributed by atoms with Crippen LogP contribution in [0.15, 0.2) is 22.7 Å². The van der Waals surface area contributed by atoms with Gasteiger partial charge >= 0.3 is 0 Å². The van der Waals surface area contributed by atoms with Gasteiger partial charge in [-0.3, -0.25) is 5.10 Å². The van der Waals surface area contributed by atoms with Crippen molar-refractivity contribution in [3.63, 3.8) is 0 Å². The molecule has 5 nitrogen and oxygen atoms in total. The highest BCUT2D eigenvalue weighted by molar-refractivity contribution is 9.10. The lowest BCUT2D eigenvalue weighted by Gasteiger charge is -1.99. The highest BCUT2D eigenvalue weighted by atomic mass is 79.9. The van der Waals surface area contributed by atoms with Crippen LogP contribution in [0.2, 0.25) is 0 Å². The van der Waals surface area contributed by atoms with Crippen LogP contribution in [0.5, 0.6) is 0 Å². The summed E-state index contributed by atoms with van der Waals surface area (Å²) in [5.41, 5.74) is 7.17. The maximum Gasteiger partial charge on any atom is 0.181 e. The monoisotopic (exact) mass is 268 g/mol. The minimum atomic E-state index is -0.154. The second-order valence-corrected chi connectivity index (χ2v) is 3.85. The number of nitrogen functional groups attached to an aromatic ring is 1. The molecule has 0 bridgehead atoms. The molecule has 0 aliphatic rings. The van der Waals surface area contributed by atoms with Crippen molar-refractivity contribution in [3.05, 3.63) is 28.5 Å². The summed E-state index contributed by atoms with van der Waals surface area (Å²) >= 11 is 3.31. The summed E-state index contributed by atoms with van der Waals surface area (Å²) in [5, 5.41) is 15.4. The number of aromatic nitrogens is 3. The first-order valence-corrected chi connectivity index (χ1v) is 5.07. The molecule has 4 N–H and O–H groups in total. The molecular formula is C9H9BrN4O. The van der Waals surface area contributed by atoms with E-state index in [2.05, 4.69) is 31.1 Å². The van der Waals surface area contributed by atoms with E-state index in [1.807, 2.05) is 12.1 Å². The number of nitrogens with two attached hydrogens (primary N) is 1. The number of anilines is 1. The van der Waals surface area contributed by atoms with E-state index in [0.717, 1.165) is 10.0 Å². The van der Waals surface area contributed by atoms with Gasteiger partial charge in [0.1, 0.15) is 6.61 Å². The minimum Gasteiger partial charge on any atom is -0.398 e. The Morgan fingerprint density at radius 2 is 2.27 bits per heavy atom. The van der Waals surface area contributed by atoms with Crippen LogP contribution < -0.4 is 5.73 Å². The quantitative estimate of drug-likeness (QED) is 0.717. The Labute approximate surface area is 94.5 Å². The van der Waals surface area contributed by atoms with Crippen molar-refractivity contribution in [3.8, 4) is 11.4 Å². The van der Waals surface area contributed by atoms with E-state index in [9.17, 15) is 0 Å². The Morgan fingerprint density at radius 3 is 2.87 bits per heavy atom. The van der Waals surface area contributed by atoms with Gasteiger partial charge in [-0.2, -0.15) is 5.10 Å². The highest BCUT2D eigenvalue weighted by Crippen LogP contribution is 2.24. The van der Waals surface area contributed by atoms with Crippen molar-refractivity contribution in [1.82, 2.24) is 15.2 Å². The van der Waals surface area contributed by atoms with Gasteiger partial charge in [-0.15, -0.1) is 0 Å². The van der Waals surface area contributed by atoms with Crippen molar-refractivity contribution >= 4 is 21.6 Å². The van der Waals surface area contributed by atoms with Gasteiger partial charge < -0.3 is 10.8 Å². The molecule has 6 heteroatoms. The lowest BCUT2D eigenvalue weighted by Crippen LogP contribution is -1.89. The number of hydrogen-bond donors (Lipinski definition) is 3. The van der Waals surface area contributed by atoms with E-state index in [1.54, 1.807) is 6.07 Å². The second kappa shape index (κ2) is 4.00. The molecule has 1 aromatic carbocycles. The molecule has 1 aromatic heterocycles. The number of hydrogen-bond acceptors (Lipinski definition) is 4. The van der Waals surface area contributed by atoms with E-state index in [1.165, 1.54) is 0 Å². The van der Waals surface area contributed by atoms with Crippen LogP contribution in [0.25, 0.3) is 11.4 Å². The van der Waals surface area contributed by atoms with Crippen LogP contribution in [-0.4, -0.2) is 20.3 Å². The third-order valence-electron chi connectivity index (χ3n) is 1.94. The summed E-state index contributed by atoms with van der Waals surface area (Å²) in [7, 11) is 0. The zero-order chi connectivity index (χ0) is 10.8. The lowest BCUT2D eigenvalue weighted by atomic mass is 10.2. The first-order valence-electron chi connectivity index (χ1n) is 4.28. The molecule has 78 valence electrons. The molecule has 0 amide bonds. The average Bonchev–Trinajstić information content (AvgIpc) is 2.70. The Balaban J connectivity index is 2.40. The van der Waals surface area contributed by atoms with E-state index in [-0.39, 0.29) is 6.61 Å². The topological polar surface area (TPSA) is 87.8 Å². The van der Waals surface area contributed by atoms with Crippen LogP contribution in [0, 0.1) is 0 Å². The summed E-state index contributed by atoms with van der Waals surface area (Å²) in [6.07, 6.45) is 0. The summed E-state index contributed by atoms with van der Waals surface area (Å²) in [6, 6.07) is 5.46. The molecule has 0 atom stereocenters.